The van der Waals surface area contributed by atoms with Crippen molar-refractivity contribution < 1.29 is 0 Å². The van der Waals surface area contributed by atoms with Crippen LogP contribution in [0.4, 0.5) is 0 Å². The van der Waals surface area contributed by atoms with Crippen LogP contribution < -0.4 is 0 Å². The number of allylic oxidation sites excluding steroid dienone is 1. The maximum Gasteiger partial charge on any atom is 0.0624 e. The molecule has 0 spiro atoms. The molecule has 0 unspecified atom stereocenters. The minimum atomic E-state index is 0.460. The third kappa shape index (κ3) is 3.81. The molecule has 0 aliphatic heterocycles. The molecule has 0 rings (SSSR count). The fourth-order valence-electron chi connectivity index (χ4n) is 0.660. The Morgan fingerprint density at radius 3 is 2.45 bits per heavy atom. The average molecular weight is 154 g/mol. The first kappa shape index (κ1) is 10.2. The van der Waals surface area contributed by atoms with Gasteiger partial charge in [-0.2, -0.15) is 5.10 Å². The maximum atomic E-state index is 4.34. The van der Waals surface area contributed by atoms with E-state index in [9.17, 15) is 0 Å². The van der Waals surface area contributed by atoms with E-state index >= 15 is 0 Å². The van der Waals surface area contributed by atoms with Gasteiger partial charge in [-0.15, -0.1) is 0 Å². The van der Waals surface area contributed by atoms with Crippen LogP contribution in [0.3, 0.4) is 0 Å². The standard InChI is InChI=1S/C9H18N2/c1-6-9(8(3)4)10-11(5)7-2/h6,8H,1,7H2,2-5H3/b10-9+. The maximum absolute atomic E-state index is 4.34. The van der Waals surface area contributed by atoms with Crippen LogP contribution in [0.1, 0.15) is 20.8 Å². The lowest BCUT2D eigenvalue weighted by atomic mass is 10.1. The molecule has 2 heteroatoms. The second-order valence-corrected chi connectivity index (χ2v) is 2.86. The normalized spacial score (nSPS) is 11.9. The molecular weight excluding hydrogens is 136 g/mol. The first-order valence-electron chi connectivity index (χ1n) is 4.03. The summed E-state index contributed by atoms with van der Waals surface area (Å²) in [4.78, 5) is 0. The first-order valence-corrected chi connectivity index (χ1v) is 4.03. The van der Waals surface area contributed by atoms with Gasteiger partial charge in [0.15, 0.2) is 0 Å². The smallest absolute Gasteiger partial charge is 0.0624 e. The summed E-state index contributed by atoms with van der Waals surface area (Å²) in [6.45, 7) is 11.0. The van der Waals surface area contributed by atoms with E-state index in [2.05, 4.69) is 32.5 Å². The second kappa shape index (κ2) is 4.94. The van der Waals surface area contributed by atoms with Gasteiger partial charge in [-0.25, -0.2) is 0 Å². The third-order valence-corrected chi connectivity index (χ3v) is 1.54. The zero-order chi connectivity index (χ0) is 8.85. The van der Waals surface area contributed by atoms with Gasteiger partial charge >= 0.3 is 0 Å². The Bertz CT molecular complexity index is 148. The monoisotopic (exact) mass is 154 g/mol. The van der Waals surface area contributed by atoms with Crippen molar-refractivity contribution in [3.05, 3.63) is 12.7 Å². The molecule has 0 atom stereocenters. The average Bonchev–Trinajstić information content (AvgIpc) is 1.99. The molecule has 0 amide bonds. The van der Waals surface area contributed by atoms with E-state index in [-0.39, 0.29) is 0 Å². The third-order valence-electron chi connectivity index (χ3n) is 1.54. The highest BCUT2D eigenvalue weighted by molar-refractivity contribution is 5.95. The van der Waals surface area contributed by atoms with Gasteiger partial charge < -0.3 is 5.01 Å². The van der Waals surface area contributed by atoms with E-state index in [1.165, 1.54) is 0 Å². The summed E-state index contributed by atoms with van der Waals surface area (Å²) in [7, 11) is 1.96. The van der Waals surface area contributed by atoms with Crippen LogP contribution in [-0.2, 0) is 0 Å². The van der Waals surface area contributed by atoms with Gasteiger partial charge in [-0.3, -0.25) is 0 Å². The fraction of sp³-hybridized carbons (Fsp3) is 0.667. The lowest BCUT2D eigenvalue weighted by Gasteiger charge is -2.13. The van der Waals surface area contributed by atoms with Crippen molar-refractivity contribution >= 4 is 5.71 Å². The van der Waals surface area contributed by atoms with E-state index in [1.54, 1.807) is 0 Å². The lowest BCUT2D eigenvalue weighted by molar-refractivity contribution is 0.373. The molecule has 0 radical (unpaired) electrons. The minimum absolute atomic E-state index is 0.460. The lowest BCUT2D eigenvalue weighted by Crippen LogP contribution is -2.15. The highest BCUT2D eigenvalue weighted by Gasteiger charge is 2.00. The molecule has 11 heavy (non-hydrogen) atoms. The van der Waals surface area contributed by atoms with Crippen LogP contribution in [-0.4, -0.2) is 24.3 Å². The number of hydrogen-bond acceptors (Lipinski definition) is 2. The SMILES string of the molecule is C=C/C(=N\N(C)CC)C(C)C. The van der Waals surface area contributed by atoms with Crippen molar-refractivity contribution in [2.24, 2.45) is 11.0 Å². The Morgan fingerprint density at radius 2 is 2.18 bits per heavy atom. The van der Waals surface area contributed by atoms with Gasteiger partial charge in [0.25, 0.3) is 0 Å². The quantitative estimate of drug-likeness (QED) is 0.447. The number of hydrogen-bond donors (Lipinski definition) is 0. The number of nitrogens with zero attached hydrogens (tertiary/aromatic N) is 2. The molecule has 2 nitrogen and oxygen atoms in total. The Kier molecular flexibility index (Phi) is 4.59. The molecule has 0 aromatic rings. The van der Waals surface area contributed by atoms with Gasteiger partial charge in [0, 0.05) is 13.6 Å². The Hall–Kier alpha value is -0.790. The minimum Gasteiger partial charge on any atom is -0.300 e. The molecule has 0 saturated heterocycles. The Morgan fingerprint density at radius 1 is 1.64 bits per heavy atom. The summed E-state index contributed by atoms with van der Waals surface area (Å²) in [5.41, 5.74) is 1.05. The summed E-state index contributed by atoms with van der Waals surface area (Å²) >= 11 is 0. The van der Waals surface area contributed by atoms with Gasteiger partial charge in [0.05, 0.1) is 5.71 Å². The van der Waals surface area contributed by atoms with Crippen molar-refractivity contribution in [2.45, 2.75) is 20.8 Å². The van der Waals surface area contributed by atoms with Crippen molar-refractivity contribution in [3.63, 3.8) is 0 Å². The predicted molar refractivity (Wildman–Crippen MR) is 50.8 cm³/mol. The summed E-state index contributed by atoms with van der Waals surface area (Å²) in [6.07, 6.45) is 1.82. The molecule has 0 aromatic carbocycles. The molecular formula is C9H18N2. The Labute approximate surface area is 69.6 Å². The van der Waals surface area contributed by atoms with Crippen LogP contribution in [0.5, 0.6) is 0 Å². The van der Waals surface area contributed by atoms with Crippen LogP contribution in [0.15, 0.2) is 17.8 Å². The van der Waals surface area contributed by atoms with Crippen molar-refractivity contribution in [1.29, 1.82) is 0 Å². The highest BCUT2D eigenvalue weighted by Crippen LogP contribution is 1.99. The summed E-state index contributed by atoms with van der Waals surface area (Å²) < 4.78 is 0. The zero-order valence-corrected chi connectivity index (χ0v) is 7.96. The highest BCUT2D eigenvalue weighted by atomic mass is 15.4. The fourth-order valence-corrected chi connectivity index (χ4v) is 0.660. The van der Waals surface area contributed by atoms with E-state index in [1.807, 2.05) is 18.1 Å². The molecule has 0 N–H and O–H groups in total. The molecule has 0 aliphatic rings. The molecule has 64 valence electrons. The van der Waals surface area contributed by atoms with E-state index in [4.69, 9.17) is 0 Å². The first-order chi connectivity index (χ1) is 5.11. The van der Waals surface area contributed by atoms with Crippen molar-refractivity contribution in [2.75, 3.05) is 13.6 Å². The molecule has 0 bridgehead atoms. The molecule has 0 aliphatic carbocycles. The van der Waals surface area contributed by atoms with Gasteiger partial charge in [-0.05, 0) is 18.9 Å². The molecule has 0 heterocycles. The van der Waals surface area contributed by atoms with Crippen LogP contribution >= 0.6 is 0 Å². The second-order valence-electron chi connectivity index (χ2n) is 2.86. The topological polar surface area (TPSA) is 15.6 Å². The summed E-state index contributed by atoms with van der Waals surface area (Å²) in [5.74, 6) is 0.460. The molecule has 0 saturated carbocycles. The van der Waals surface area contributed by atoms with Gasteiger partial charge in [0.1, 0.15) is 0 Å². The Balaban J connectivity index is 4.22. The molecule has 0 aromatic heterocycles. The van der Waals surface area contributed by atoms with Crippen LogP contribution in [0.25, 0.3) is 0 Å². The summed E-state index contributed by atoms with van der Waals surface area (Å²) in [6, 6.07) is 0. The van der Waals surface area contributed by atoms with E-state index in [0.717, 1.165) is 12.3 Å². The van der Waals surface area contributed by atoms with Crippen molar-refractivity contribution in [1.82, 2.24) is 5.01 Å². The van der Waals surface area contributed by atoms with Gasteiger partial charge in [-0.1, -0.05) is 20.4 Å². The number of rotatable bonds is 4. The predicted octanol–water partition coefficient (Wildman–Crippen LogP) is 2.14. The van der Waals surface area contributed by atoms with Gasteiger partial charge in [0.2, 0.25) is 0 Å². The summed E-state index contributed by atoms with van der Waals surface area (Å²) in [5, 5.41) is 6.26. The van der Waals surface area contributed by atoms with E-state index in [0.29, 0.717) is 5.92 Å². The van der Waals surface area contributed by atoms with Crippen molar-refractivity contribution in [3.8, 4) is 0 Å². The molecule has 0 fully saturated rings. The number of hydrazone groups is 1. The van der Waals surface area contributed by atoms with E-state index < -0.39 is 0 Å². The zero-order valence-electron chi connectivity index (χ0n) is 7.96. The van der Waals surface area contributed by atoms with Crippen LogP contribution in [0, 0.1) is 5.92 Å². The van der Waals surface area contributed by atoms with Crippen LogP contribution in [0.2, 0.25) is 0 Å². The largest absolute Gasteiger partial charge is 0.300 e.